The van der Waals surface area contributed by atoms with Gasteiger partial charge in [0.2, 0.25) is 0 Å². The Morgan fingerprint density at radius 3 is 1.63 bits per heavy atom. The van der Waals surface area contributed by atoms with E-state index >= 15 is 0 Å². The van der Waals surface area contributed by atoms with Gasteiger partial charge in [0, 0.05) is 5.56 Å². The van der Waals surface area contributed by atoms with Gasteiger partial charge in [-0.05, 0) is 0 Å². The molecule has 0 saturated carbocycles. The van der Waals surface area contributed by atoms with Gasteiger partial charge < -0.3 is 9.47 Å². The van der Waals surface area contributed by atoms with Crippen molar-refractivity contribution in [3.63, 3.8) is 0 Å². The summed E-state index contributed by atoms with van der Waals surface area (Å²) in [4.78, 5) is 0. The van der Waals surface area contributed by atoms with Gasteiger partial charge in [0.15, 0.2) is 11.5 Å². The Morgan fingerprint density at radius 2 is 1.16 bits per heavy atom. The van der Waals surface area contributed by atoms with Gasteiger partial charge in [-0.3, -0.25) is 0 Å². The summed E-state index contributed by atoms with van der Waals surface area (Å²) in [6.45, 7) is 0. The normalized spacial score (nSPS) is 13.9. The summed E-state index contributed by atoms with van der Waals surface area (Å²) in [5.74, 6) is 0.629. The monoisotopic (exact) mass is 334 g/mol. The fourth-order valence-corrected chi connectivity index (χ4v) is 2.69. The van der Waals surface area contributed by atoms with Crippen LogP contribution in [0.5, 0.6) is 11.5 Å². The van der Waals surface area contributed by atoms with E-state index in [4.69, 9.17) is 55.9 Å². The van der Waals surface area contributed by atoms with Crippen LogP contribution in [0.4, 0.5) is 0 Å². The Hall–Kier alpha value is -0.800. The summed E-state index contributed by atoms with van der Waals surface area (Å²) in [6.07, 6.45) is -0.610. The molecular formula is C13H6Cl4O2. The van der Waals surface area contributed by atoms with Gasteiger partial charge in [-0.25, -0.2) is 0 Å². The molecule has 3 rings (SSSR count). The van der Waals surface area contributed by atoms with Crippen LogP contribution in [0.2, 0.25) is 20.1 Å². The lowest BCUT2D eigenvalue weighted by molar-refractivity contribution is 0.0488. The van der Waals surface area contributed by atoms with Crippen molar-refractivity contribution in [1.29, 1.82) is 0 Å². The average Bonchev–Trinajstić information content (AvgIpc) is 2.89. The SMILES string of the molecule is Clc1c(Cl)c(Cl)c2c(c1Cl)OC(c1ccccc1)O2. The fraction of sp³-hybridized carbons (Fsp3) is 0.0769. The van der Waals surface area contributed by atoms with E-state index in [-0.39, 0.29) is 20.1 Å². The third-order valence-electron chi connectivity index (χ3n) is 2.70. The van der Waals surface area contributed by atoms with E-state index in [2.05, 4.69) is 0 Å². The molecule has 0 aromatic heterocycles. The maximum Gasteiger partial charge on any atom is 0.268 e. The molecule has 19 heavy (non-hydrogen) atoms. The minimum Gasteiger partial charge on any atom is -0.445 e. The highest BCUT2D eigenvalue weighted by molar-refractivity contribution is 6.53. The predicted octanol–water partition coefficient (Wildman–Crippen LogP) is 5.77. The van der Waals surface area contributed by atoms with Gasteiger partial charge in [-0.2, -0.15) is 0 Å². The summed E-state index contributed by atoms with van der Waals surface area (Å²) in [5, 5.41) is 0.711. The first-order valence-electron chi connectivity index (χ1n) is 5.33. The molecule has 0 N–H and O–H groups in total. The van der Waals surface area contributed by atoms with Crippen LogP contribution in [0.3, 0.4) is 0 Å². The molecule has 6 heteroatoms. The van der Waals surface area contributed by atoms with E-state index in [0.717, 1.165) is 5.56 Å². The highest BCUT2D eigenvalue weighted by atomic mass is 35.5. The van der Waals surface area contributed by atoms with Crippen molar-refractivity contribution < 1.29 is 9.47 Å². The highest BCUT2D eigenvalue weighted by Crippen LogP contribution is 2.55. The Kier molecular flexibility index (Phi) is 3.44. The molecule has 0 unspecified atom stereocenters. The van der Waals surface area contributed by atoms with E-state index in [1.807, 2.05) is 30.3 Å². The van der Waals surface area contributed by atoms with Crippen molar-refractivity contribution in [1.82, 2.24) is 0 Å². The Labute approximate surface area is 129 Å². The highest BCUT2D eigenvalue weighted by Gasteiger charge is 2.33. The summed E-state index contributed by atoms with van der Waals surface area (Å²) < 4.78 is 11.3. The van der Waals surface area contributed by atoms with E-state index in [1.54, 1.807) is 0 Å². The number of hydrogen-bond donors (Lipinski definition) is 0. The van der Waals surface area contributed by atoms with Crippen LogP contribution in [0.1, 0.15) is 11.9 Å². The van der Waals surface area contributed by atoms with Crippen LogP contribution in [0.15, 0.2) is 30.3 Å². The van der Waals surface area contributed by atoms with Crippen molar-refractivity contribution in [3.05, 3.63) is 56.0 Å². The Balaban J connectivity index is 2.06. The van der Waals surface area contributed by atoms with Crippen LogP contribution in [0, 0.1) is 0 Å². The molecule has 0 fully saturated rings. The third kappa shape index (κ3) is 2.13. The van der Waals surface area contributed by atoms with Crippen LogP contribution >= 0.6 is 46.4 Å². The lowest BCUT2D eigenvalue weighted by Crippen LogP contribution is -2.07. The van der Waals surface area contributed by atoms with E-state index in [0.29, 0.717) is 11.5 Å². The molecule has 98 valence electrons. The lowest BCUT2D eigenvalue weighted by Gasteiger charge is -2.09. The van der Waals surface area contributed by atoms with Crippen LogP contribution in [-0.4, -0.2) is 0 Å². The van der Waals surface area contributed by atoms with Gasteiger partial charge in [0.05, 0.1) is 10.0 Å². The van der Waals surface area contributed by atoms with Gasteiger partial charge in [-0.15, -0.1) is 0 Å². The largest absolute Gasteiger partial charge is 0.445 e. The number of benzene rings is 2. The Bertz CT molecular complexity index is 606. The molecule has 0 saturated heterocycles. The van der Waals surface area contributed by atoms with Gasteiger partial charge in [0.25, 0.3) is 6.29 Å². The lowest BCUT2D eigenvalue weighted by atomic mass is 10.2. The molecule has 1 heterocycles. The standard InChI is InChI=1S/C13H6Cl4O2/c14-7-8(15)10(17)12-11(9(7)16)18-13(19-12)6-4-2-1-3-5-6/h1-5,13H. The molecule has 1 aliphatic heterocycles. The molecular weight excluding hydrogens is 330 g/mol. The molecule has 0 radical (unpaired) electrons. The first-order valence-corrected chi connectivity index (χ1v) is 6.85. The minimum absolute atomic E-state index is 0.157. The number of fused-ring (bicyclic) bond motifs is 1. The maximum atomic E-state index is 6.09. The molecule has 2 nitrogen and oxygen atoms in total. The first-order chi connectivity index (χ1) is 9.09. The number of halogens is 4. The smallest absolute Gasteiger partial charge is 0.268 e. The van der Waals surface area contributed by atoms with Crippen molar-refractivity contribution in [2.75, 3.05) is 0 Å². The second kappa shape index (κ2) is 4.95. The second-order valence-electron chi connectivity index (χ2n) is 3.89. The molecule has 2 aromatic rings. The molecule has 0 aliphatic carbocycles. The zero-order valence-corrected chi connectivity index (χ0v) is 12.3. The molecule has 0 bridgehead atoms. The maximum absolute atomic E-state index is 6.09. The summed E-state index contributed by atoms with van der Waals surface area (Å²) in [6, 6.07) is 9.42. The number of hydrogen-bond acceptors (Lipinski definition) is 2. The van der Waals surface area contributed by atoms with Crippen LogP contribution in [-0.2, 0) is 0 Å². The zero-order chi connectivity index (χ0) is 13.6. The Morgan fingerprint density at radius 1 is 0.684 bits per heavy atom. The molecule has 2 aromatic carbocycles. The molecule has 0 atom stereocenters. The van der Waals surface area contributed by atoms with Gasteiger partial charge >= 0.3 is 0 Å². The number of ether oxygens (including phenoxy) is 2. The second-order valence-corrected chi connectivity index (χ2v) is 5.40. The summed E-state index contributed by atoms with van der Waals surface area (Å²) in [7, 11) is 0. The van der Waals surface area contributed by atoms with Crippen LogP contribution in [0.25, 0.3) is 0 Å². The van der Waals surface area contributed by atoms with Crippen molar-refractivity contribution >= 4 is 46.4 Å². The number of rotatable bonds is 1. The minimum atomic E-state index is -0.610. The van der Waals surface area contributed by atoms with E-state index in [9.17, 15) is 0 Å². The van der Waals surface area contributed by atoms with Gasteiger partial charge in [0.1, 0.15) is 10.0 Å². The van der Waals surface area contributed by atoms with Crippen molar-refractivity contribution in [2.45, 2.75) is 6.29 Å². The quantitative estimate of drug-likeness (QED) is 0.486. The fourth-order valence-electron chi connectivity index (χ4n) is 1.79. The molecule has 0 amide bonds. The topological polar surface area (TPSA) is 18.5 Å². The van der Waals surface area contributed by atoms with Gasteiger partial charge in [-0.1, -0.05) is 76.7 Å². The third-order valence-corrected chi connectivity index (χ3v) is 4.47. The average molecular weight is 336 g/mol. The van der Waals surface area contributed by atoms with Crippen LogP contribution < -0.4 is 9.47 Å². The molecule has 1 aliphatic rings. The predicted molar refractivity (Wildman–Crippen MR) is 76.9 cm³/mol. The first kappa shape index (κ1) is 13.2. The van der Waals surface area contributed by atoms with Crippen molar-refractivity contribution in [3.8, 4) is 11.5 Å². The summed E-state index contributed by atoms with van der Waals surface area (Å²) >= 11 is 24.1. The van der Waals surface area contributed by atoms with E-state index < -0.39 is 6.29 Å². The van der Waals surface area contributed by atoms with Crippen molar-refractivity contribution in [2.24, 2.45) is 0 Å². The van der Waals surface area contributed by atoms with E-state index in [1.165, 1.54) is 0 Å². The zero-order valence-electron chi connectivity index (χ0n) is 9.29. The molecule has 0 spiro atoms. The summed E-state index contributed by atoms with van der Waals surface area (Å²) in [5.41, 5.74) is 0.845.